The number of carbonyl (C=O) groups is 1. The molecule has 2 fully saturated rings. The van der Waals surface area contributed by atoms with E-state index in [2.05, 4.69) is 19.9 Å². The van der Waals surface area contributed by atoms with Crippen molar-refractivity contribution in [1.82, 2.24) is 34.1 Å². The Morgan fingerprint density at radius 3 is 2.73 bits per heavy atom. The minimum atomic E-state index is 0.134. The third-order valence-electron chi connectivity index (χ3n) is 7.04. The lowest BCUT2D eigenvalue weighted by atomic mass is 9.88. The first kappa shape index (κ1) is 20.0. The van der Waals surface area contributed by atoms with Crippen molar-refractivity contribution in [3.63, 3.8) is 0 Å². The second-order valence-electron chi connectivity index (χ2n) is 9.03. The van der Waals surface area contributed by atoms with Crippen molar-refractivity contribution in [2.24, 2.45) is 17.8 Å². The molecule has 0 N–H and O–H groups in total. The standard InChI is InChI=1S/C24H25N7O2/c1-3-31-21(17-10-25-14(2)26-11-17)29-20-22(31)27-13-28-23(20)33-18-6-7-30(12-18)24(32)19-9-15-4-5-16(19)8-15/h6-7,10-13,15-16,19H,3-5,8-9H2,1-2H3. The number of ether oxygens (including phenoxy) is 1. The predicted molar refractivity (Wildman–Crippen MR) is 121 cm³/mol. The van der Waals surface area contributed by atoms with E-state index in [1.54, 1.807) is 35.4 Å². The number of aryl methyl sites for hydroxylation is 2. The molecule has 168 valence electrons. The fourth-order valence-electron chi connectivity index (χ4n) is 5.44. The number of hydrogen-bond acceptors (Lipinski definition) is 7. The van der Waals surface area contributed by atoms with Gasteiger partial charge in [0, 0.05) is 31.1 Å². The van der Waals surface area contributed by atoms with Gasteiger partial charge in [0.15, 0.2) is 11.2 Å². The molecule has 9 heteroatoms. The van der Waals surface area contributed by atoms with Gasteiger partial charge in [-0.25, -0.2) is 19.9 Å². The molecule has 3 atom stereocenters. The van der Waals surface area contributed by atoms with Crippen LogP contribution in [0.1, 0.15) is 43.2 Å². The number of hydrogen-bond donors (Lipinski definition) is 0. The molecule has 2 bridgehead atoms. The number of aromatic nitrogens is 7. The molecule has 2 saturated carbocycles. The van der Waals surface area contributed by atoms with Crippen molar-refractivity contribution in [1.29, 1.82) is 0 Å². The summed E-state index contributed by atoms with van der Waals surface area (Å²) in [7, 11) is 0. The van der Waals surface area contributed by atoms with E-state index in [0.29, 0.717) is 46.9 Å². The summed E-state index contributed by atoms with van der Waals surface area (Å²) in [4.78, 5) is 35.1. The molecule has 3 unspecified atom stereocenters. The number of nitrogens with zero attached hydrogens (tertiary/aromatic N) is 7. The summed E-state index contributed by atoms with van der Waals surface area (Å²) in [6, 6.07) is 1.80. The molecular weight excluding hydrogens is 418 g/mol. The highest BCUT2D eigenvalue weighted by atomic mass is 16.5. The Kier molecular flexibility index (Phi) is 4.70. The summed E-state index contributed by atoms with van der Waals surface area (Å²) in [6.07, 6.45) is 13.2. The first-order chi connectivity index (χ1) is 16.1. The van der Waals surface area contributed by atoms with Gasteiger partial charge in [0.05, 0.1) is 11.8 Å². The normalized spacial score (nSPS) is 21.7. The fraction of sp³-hybridized carbons (Fsp3) is 0.417. The molecule has 0 aliphatic heterocycles. The van der Waals surface area contributed by atoms with Crippen molar-refractivity contribution in [2.75, 3.05) is 0 Å². The Morgan fingerprint density at radius 1 is 1.15 bits per heavy atom. The average molecular weight is 444 g/mol. The third kappa shape index (κ3) is 3.39. The zero-order chi connectivity index (χ0) is 22.5. The van der Waals surface area contributed by atoms with E-state index in [9.17, 15) is 4.79 Å². The van der Waals surface area contributed by atoms with Gasteiger partial charge in [0.25, 0.3) is 5.88 Å². The van der Waals surface area contributed by atoms with E-state index in [0.717, 1.165) is 17.9 Å². The lowest BCUT2D eigenvalue weighted by Crippen LogP contribution is -2.25. The van der Waals surface area contributed by atoms with Crippen molar-refractivity contribution < 1.29 is 9.53 Å². The van der Waals surface area contributed by atoms with E-state index in [1.165, 1.54) is 25.6 Å². The molecule has 0 aromatic carbocycles. The summed E-state index contributed by atoms with van der Waals surface area (Å²) >= 11 is 0. The smallest absolute Gasteiger partial charge is 0.251 e. The molecule has 0 amide bonds. The second-order valence-corrected chi connectivity index (χ2v) is 9.03. The monoisotopic (exact) mass is 443 g/mol. The van der Waals surface area contributed by atoms with E-state index in [4.69, 9.17) is 9.72 Å². The summed E-state index contributed by atoms with van der Waals surface area (Å²) in [5.41, 5.74) is 2.03. The van der Waals surface area contributed by atoms with Crippen molar-refractivity contribution in [2.45, 2.75) is 46.1 Å². The molecule has 6 rings (SSSR count). The summed E-state index contributed by atoms with van der Waals surface area (Å²) in [6.45, 7) is 4.55. The van der Waals surface area contributed by atoms with Gasteiger partial charge >= 0.3 is 0 Å². The van der Waals surface area contributed by atoms with Gasteiger partial charge in [0.2, 0.25) is 5.91 Å². The average Bonchev–Trinajstić information content (AvgIpc) is 3.62. The maximum atomic E-state index is 13.0. The van der Waals surface area contributed by atoms with Gasteiger partial charge in [-0.1, -0.05) is 6.42 Å². The first-order valence-electron chi connectivity index (χ1n) is 11.5. The summed E-state index contributed by atoms with van der Waals surface area (Å²) < 4.78 is 9.74. The van der Waals surface area contributed by atoms with Crippen LogP contribution in [0.15, 0.2) is 37.2 Å². The first-order valence-corrected chi connectivity index (χ1v) is 11.5. The summed E-state index contributed by atoms with van der Waals surface area (Å²) in [5.74, 6) is 3.89. The molecule has 33 heavy (non-hydrogen) atoms. The van der Waals surface area contributed by atoms with Crippen LogP contribution < -0.4 is 4.74 Å². The molecular formula is C24H25N7O2. The summed E-state index contributed by atoms with van der Waals surface area (Å²) in [5, 5.41) is 0. The van der Waals surface area contributed by atoms with Crippen LogP contribution in [0.2, 0.25) is 0 Å². The van der Waals surface area contributed by atoms with Crippen molar-refractivity contribution in [3.8, 4) is 23.0 Å². The second kappa shape index (κ2) is 7.75. The van der Waals surface area contributed by atoms with Crippen molar-refractivity contribution in [3.05, 3.63) is 43.0 Å². The highest BCUT2D eigenvalue weighted by molar-refractivity contribution is 5.83. The van der Waals surface area contributed by atoms with Gasteiger partial charge in [-0.3, -0.25) is 9.36 Å². The maximum absolute atomic E-state index is 13.0. The number of carbonyl (C=O) groups excluding carboxylic acids is 1. The fourth-order valence-corrected chi connectivity index (χ4v) is 5.44. The number of rotatable bonds is 5. The number of fused-ring (bicyclic) bond motifs is 3. The minimum absolute atomic E-state index is 0.134. The van der Waals surface area contributed by atoms with Crippen LogP contribution in [-0.2, 0) is 6.54 Å². The van der Waals surface area contributed by atoms with Crippen LogP contribution in [0.25, 0.3) is 22.6 Å². The van der Waals surface area contributed by atoms with Crippen molar-refractivity contribution >= 4 is 17.1 Å². The van der Waals surface area contributed by atoms with Crippen LogP contribution >= 0.6 is 0 Å². The Morgan fingerprint density at radius 2 is 2.00 bits per heavy atom. The topological polar surface area (TPSA) is 101 Å². The molecule has 4 heterocycles. The highest BCUT2D eigenvalue weighted by Crippen LogP contribution is 2.48. The van der Waals surface area contributed by atoms with Gasteiger partial charge in [-0.2, -0.15) is 4.98 Å². The van der Waals surface area contributed by atoms with E-state index in [-0.39, 0.29) is 11.8 Å². The van der Waals surface area contributed by atoms with Crippen LogP contribution in [0.4, 0.5) is 0 Å². The molecule has 0 saturated heterocycles. The molecule has 0 radical (unpaired) electrons. The Balaban J connectivity index is 1.30. The highest BCUT2D eigenvalue weighted by Gasteiger charge is 2.43. The van der Waals surface area contributed by atoms with Crippen LogP contribution in [0, 0.1) is 24.7 Å². The Labute approximate surface area is 190 Å². The molecule has 4 aromatic heterocycles. The van der Waals surface area contributed by atoms with Crippen LogP contribution in [-0.4, -0.2) is 40.0 Å². The predicted octanol–water partition coefficient (Wildman–Crippen LogP) is 4.28. The molecule has 9 nitrogen and oxygen atoms in total. The Hall–Kier alpha value is -3.62. The minimum Gasteiger partial charge on any atom is -0.435 e. The van der Waals surface area contributed by atoms with Gasteiger partial charge in [-0.05, 0) is 51.0 Å². The lowest BCUT2D eigenvalue weighted by molar-refractivity contribution is 0.0785. The zero-order valence-corrected chi connectivity index (χ0v) is 18.7. The van der Waals surface area contributed by atoms with Gasteiger partial charge in [0.1, 0.15) is 23.7 Å². The van der Waals surface area contributed by atoms with Crippen LogP contribution in [0.5, 0.6) is 11.6 Å². The molecule has 4 aromatic rings. The van der Waals surface area contributed by atoms with Crippen LogP contribution in [0.3, 0.4) is 0 Å². The van der Waals surface area contributed by atoms with Gasteiger partial charge < -0.3 is 9.30 Å². The zero-order valence-electron chi connectivity index (χ0n) is 18.7. The molecule has 2 aliphatic rings. The van der Waals surface area contributed by atoms with E-state index in [1.807, 2.05) is 18.4 Å². The molecule has 0 spiro atoms. The van der Waals surface area contributed by atoms with Gasteiger partial charge in [-0.15, -0.1) is 0 Å². The Bertz CT molecular complexity index is 1340. The maximum Gasteiger partial charge on any atom is 0.251 e. The molecule has 2 aliphatic carbocycles. The van der Waals surface area contributed by atoms with E-state index < -0.39 is 0 Å². The lowest BCUT2D eigenvalue weighted by Gasteiger charge is -2.20. The number of imidazole rings is 1. The largest absolute Gasteiger partial charge is 0.435 e. The SMILES string of the molecule is CCn1c(-c2cnc(C)nc2)nc2c(Oc3ccn(C(=O)C4CC5CCC4C5)c3)ncnc21. The van der Waals surface area contributed by atoms with E-state index >= 15 is 0 Å². The third-order valence-corrected chi connectivity index (χ3v) is 7.04. The quantitative estimate of drug-likeness (QED) is 0.454.